The molecule has 20 heavy (non-hydrogen) atoms. The van der Waals surface area contributed by atoms with E-state index in [4.69, 9.17) is 11.6 Å². The van der Waals surface area contributed by atoms with E-state index in [2.05, 4.69) is 37.9 Å². The topological polar surface area (TPSA) is 6.48 Å². The second-order valence-corrected chi connectivity index (χ2v) is 7.15. The van der Waals surface area contributed by atoms with Crippen LogP contribution in [0.5, 0.6) is 0 Å². The third kappa shape index (κ3) is 3.09. The fourth-order valence-electron chi connectivity index (χ4n) is 3.29. The van der Waals surface area contributed by atoms with E-state index in [-0.39, 0.29) is 0 Å². The third-order valence-corrected chi connectivity index (χ3v) is 5.24. The van der Waals surface area contributed by atoms with E-state index in [0.717, 1.165) is 35.7 Å². The van der Waals surface area contributed by atoms with E-state index in [1.807, 2.05) is 0 Å². The molecule has 3 rings (SSSR count). The van der Waals surface area contributed by atoms with E-state index in [1.165, 1.54) is 49.9 Å². The molecule has 2 nitrogen and oxygen atoms in total. The van der Waals surface area contributed by atoms with Crippen molar-refractivity contribution in [1.29, 1.82) is 0 Å². The number of nitrogens with zero attached hydrogens (tertiary/aromatic N) is 2. The van der Waals surface area contributed by atoms with Gasteiger partial charge in [0.1, 0.15) is 0 Å². The molecular formula is C16H22BrClN2. The number of anilines is 2. The maximum absolute atomic E-state index is 6.74. The highest BCUT2D eigenvalue weighted by Crippen LogP contribution is 2.40. The van der Waals surface area contributed by atoms with Crippen molar-refractivity contribution in [2.24, 2.45) is 0 Å². The van der Waals surface area contributed by atoms with Crippen LogP contribution in [0.3, 0.4) is 0 Å². The highest BCUT2D eigenvalue weighted by atomic mass is 79.9. The Kier molecular flexibility index (Phi) is 4.77. The van der Waals surface area contributed by atoms with Crippen molar-refractivity contribution in [3.05, 3.63) is 21.6 Å². The average Bonchev–Trinajstić information content (AvgIpc) is 2.51. The van der Waals surface area contributed by atoms with E-state index in [9.17, 15) is 0 Å². The molecule has 2 saturated heterocycles. The van der Waals surface area contributed by atoms with Gasteiger partial charge >= 0.3 is 0 Å². The van der Waals surface area contributed by atoms with Crippen molar-refractivity contribution >= 4 is 38.9 Å². The maximum Gasteiger partial charge on any atom is 0.0873 e. The summed E-state index contributed by atoms with van der Waals surface area (Å²) in [6.07, 6.45) is 7.82. The Hall–Kier alpha value is -0.410. The van der Waals surface area contributed by atoms with Gasteiger partial charge in [0, 0.05) is 30.7 Å². The van der Waals surface area contributed by atoms with Gasteiger partial charge in [-0.05, 0) is 50.7 Å². The predicted octanol–water partition coefficient (Wildman–Crippen LogP) is 5.08. The van der Waals surface area contributed by atoms with Crippen LogP contribution in [-0.2, 0) is 0 Å². The number of halogens is 2. The molecule has 2 fully saturated rings. The minimum atomic E-state index is 0.942. The average molecular weight is 358 g/mol. The molecule has 1 aromatic carbocycles. The van der Waals surface area contributed by atoms with Crippen molar-refractivity contribution in [1.82, 2.24) is 0 Å². The lowest BCUT2D eigenvalue weighted by Crippen LogP contribution is -2.32. The molecule has 2 heterocycles. The van der Waals surface area contributed by atoms with Crippen molar-refractivity contribution in [3.63, 3.8) is 0 Å². The first kappa shape index (κ1) is 14.5. The monoisotopic (exact) mass is 356 g/mol. The fraction of sp³-hybridized carbons (Fsp3) is 0.625. The van der Waals surface area contributed by atoms with Crippen LogP contribution < -0.4 is 9.80 Å². The van der Waals surface area contributed by atoms with Crippen molar-refractivity contribution in [3.8, 4) is 0 Å². The number of rotatable bonds is 2. The standard InChI is InChI=1S/C16H22BrClN2/c17-13-11-14(19-7-3-1-4-8-19)16(18)15(12-13)20-9-5-2-6-10-20/h11-12H,1-10H2. The third-order valence-electron chi connectivity index (χ3n) is 4.39. The van der Waals surface area contributed by atoms with Gasteiger partial charge < -0.3 is 9.80 Å². The Labute approximate surface area is 135 Å². The number of hydrogen-bond acceptors (Lipinski definition) is 2. The molecule has 1 aromatic rings. The molecule has 0 unspecified atom stereocenters. The summed E-state index contributed by atoms with van der Waals surface area (Å²) in [6, 6.07) is 4.36. The van der Waals surface area contributed by atoms with Gasteiger partial charge in [-0.1, -0.05) is 27.5 Å². The molecule has 110 valence electrons. The van der Waals surface area contributed by atoms with Gasteiger partial charge in [-0.25, -0.2) is 0 Å². The minimum absolute atomic E-state index is 0.942. The number of benzene rings is 1. The van der Waals surface area contributed by atoms with Gasteiger partial charge in [0.05, 0.1) is 16.4 Å². The van der Waals surface area contributed by atoms with Gasteiger partial charge in [0.2, 0.25) is 0 Å². The summed E-state index contributed by atoms with van der Waals surface area (Å²) in [4.78, 5) is 4.90. The van der Waals surface area contributed by atoms with Crippen LogP contribution in [0.15, 0.2) is 16.6 Å². The lowest BCUT2D eigenvalue weighted by atomic mass is 10.1. The fourth-order valence-corrected chi connectivity index (χ4v) is 4.07. The van der Waals surface area contributed by atoms with Crippen molar-refractivity contribution in [2.45, 2.75) is 38.5 Å². The summed E-state index contributed by atoms with van der Waals surface area (Å²) in [7, 11) is 0. The summed E-state index contributed by atoms with van der Waals surface area (Å²) in [5, 5.41) is 0.942. The maximum atomic E-state index is 6.74. The lowest BCUT2D eigenvalue weighted by Gasteiger charge is -2.34. The molecule has 0 saturated carbocycles. The second-order valence-electron chi connectivity index (χ2n) is 5.85. The largest absolute Gasteiger partial charge is 0.370 e. The Morgan fingerprint density at radius 1 is 0.750 bits per heavy atom. The van der Waals surface area contributed by atoms with Gasteiger partial charge in [0.25, 0.3) is 0 Å². The minimum Gasteiger partial charge on any atom is -0.370 e. The smallest absolute Gasteiger partial charge is 0.0873 e. The number of piperidine rings is 2. The molecule has 0 amide bonds. The zero-order valence-electron chi connectivity index (χ0n) is 11.9. The van der Waals surface area contributed by atoms with Crippen molar-refractivity contribution < 1.29 is 0 Å². The molecule has 2 aliphatic heterocycles. The quantitative estimate of drug-likeness (QED) is 0.728. The molecule has 0 bridgehead atoms. The van der Waals surface area contributed by atoms with E-state index in [0.29, 0.717) is 0 Å². The van der Waals surface area contributed by atoms with Crippen LogP contribution in [0.1, 0.15) is 38.5 Å². The highest BCUT2D eigenvalue weighted by Gasteiger charge is 2.20. The molecule has 0 radical (unpaired) electrons. The summed E-state index contributed by atoms with van der Waals surface area (Å²) < 4.78 is 1.14. The van der Waals surface area contributed by atoms with E-state index >= 15 is 0 Å². The molecular weight excluding hydrogens is 336 g/mol. The zero-order valence-corrected chi connectivity index (χ0v) is 14.2. The first-order valence-electron chi connectivity index (χ1n) is 7.74. The second kappa shape index (κ2) is 6.57. The van der Waals surface area contributed by atoms with Crippen LogP contribution in [0, 0.1) is 0 Å². The van der Waals surface area contributed by atoms with Gasteiger partial charge in [-0.2, -0.15) is 0 Å². The Balaban J connectivity index is 1.91. The normalized spacial score (nSPS) is 20.3. The molecule has 0 spiro atoms. The molecule has 0 aliphatic carbocycles. The van der Waals surface area contributed by atoms with Gasteiger partial charge in [-0.3, -0.25) is 0 Å². The van der Waals surface area contributed by atoms with Crippen LogP contribution in [0.25, 0.3) is 0 Å². The molecule has 0 N–H and O–H groups in total. The SMILES string of the molecule is Clc1c(N2CCCCC2)cc(Br)cc1N1CCCCC1. The molecule has 2 aliphatic rings. The Bertz CT molecular complexity index is 427. The predicted molar refractivity (Wildman–Crippen MR) is 91.3 cm³/mol. The van der Waals surface area contributed by atoms with E-state index in [1.54, 1.807) is 0 Å². The summed E-state index contributed by atoms with van der Waals surface area (Å²) >= 11 is 10.4. The van der Waals surface area contributed by atoms with Crippen LogP contribution in [-0.4, -0.2) is 26.2 Å². The summed E-state index contributed by atoms with van der Waals surface area (Å²) in [5.41, 5.74) is 2.42. The Morgan fingerprint density at radius 2 is 1.15 bits per heavy atom. The zero-order chi connectivity index (χ0) is 13.9. The summed E-state index contributed by atoms with van der Waals surface area (Å²) in [5.74, 6) is 0. The lowest BCUT2D eigenvalue weighted by molar-refractivity contribution is 0.573. The summed E-state index contributed by atoms with van der Waals surface area (Å²) in [6.45, 7) is 4.54. The first-order valence-corrected chi connectivity index (χ1v) is 8.92. The molecule has 0 atom stereocenters. The van der Waals surface area contributed by atoms with Crippen molar-refractivity contribution in [2.75, 3.05) is 36.0 Å². The van der Waals surface area contributed by atoms with E-state index < -0.39 is 0 Å². The van der Waals surface area contributed by atoms with Gasteiger partial charge in [0.15, 0.2) is 0 Å². The van der Waals surface area contributed by atoms with Gasteiger partial charge in [-0.15, -0.1) is 0 Å². The van der Waals surface area contributed by atoms with Crippen LogP contribution >= 0.6 is 27.5 Å². The molecule has 4 heteroatoms. The molecule has 0 aromatic heterocycles. The first-order chi connectivity index (χ1) is 9.75. The van der Waals surface area contributed by atoms with Crippen LogP contribution in [0.2, 0.25) is 5.02 Å². The van der Waals surface area contributed by atoms with Crippen LogP contribution in [0.4, 0.5) is 11.4 Å². The number of hydrogen-bond donors (Lipinski definition) is 0. The Morgan fingerprint density at radius 3 is 1.55 bits per heavy atom. The highest BCUT2D eigenvalue weighted by molar-refractivity contribution is 9.10.